The van der Waals surface area contributed by atoms with Crippen LogP contribution in [-0.2, 0) is 19.5 Å². The Morgan fingerprint density at radius 3 is 1.62 bits per heavy atom. The molecule has 0 saturated carbocycles. The predicted molar refractivity (Wildman–Crippen MR) is 40.0 cm³/mol. The zero-order valence-electron chi connectivity index (χ0n) is 5.59. The molecule has 0 saturated heterocycles. The Labute approximate surface area is 73.3 Å². The molecule has 0 aromatic carbocycles. The first-order valence-electron chi connectivity index (χ1n) is 2.19. The van der Waals surface area contributed by atoms with Gasteiger partial charge in [0.25, 0.3) is 0 Å². The van der Waals surface area contributed by atoms with Crippen LogP contribution < -0.4 is 0 Å². The summed E-state index contributed by atoms with van der Waals surface area (Å²) in [6.07, 6.45) is 0. The minimum Gasteiger partial charge on any atom is -0.120 e. The molecular formula is C5H9BrSiZn. The molecule has 0 heterocycles. The van der Waals surface area contributed by atoms with E-state index in [1.54, 1.807) is 0 Å². The fourth-order valence-corrected chi connectivity index (χ4v) is 2.21. The Kier molecular flexibility index (Phi) is 6.89. The second-order valence-corrected chi connectivity index (χ2v) is 7.62. The van der Waals surface area contributed by atoms with Gasteiger partial charge in [-0.25, -0.2) is 0 Å². The minimum atomic E-state index is -1.07. The maximum absolute atomic E-state index is 3.09. The molecule has 0 aliphatic heterocycles. The van der Waals surface area contributed by atoms with E-state index in [1.807, 2.05) is 0 Å². The minimum absolute atomic E-state index is 0. The maximum atomic E-state index is 3.09. The van der Waals surface area contributed by atoms with Crippen LogP contribution in [0.25, 0.3) is 0 Å². The van der Waals surface area contributed by atoms with Crippen molar-refractivity contribution in [1.29, 1.82) is 0 Å². The molecule has 0 rings (SSSR count). The first-order chi connectivity index (χ1) is 3.06. The van der Waals surface area contributed by atoms with Crippen molar-refractivity contribution in [3.8, 4) is 10.4 Å². The van der Waals surface area contributed by atoms with Crippen LogP contribution in [0.15, 0.2) is 0 Å². The summed E-state index contributed by atoms with van der Waals surface area (Å²) >= 11 is 3.06. The van der Waals surface area contributed by atoms with Crippen molar-refractivity contribution in [2.45, 2.75) is 19.6 Å². The summed E-state index contributed by atoms with van der Waals surface area (Å²) in [5.74, 6) is 0. The third-order valence-electron chi connectivity index (χ3n) is 0.422. The third-order valence-corrected chi connectivity index (χ3v) is 1.86. The van der Waals surface area contributed by atoms with Crippen LogP contribution in [0.5, 0.6) is 0 Å². The summed E-state index contributed by atoms with van der Waals surface area (Å²) in [7, 11) is -1.07. The van der Waals surface area contributed by atoms with Crippen LogP contribution in [0.2, 0.25) is 19.6 Å². The number of halogens is 1. The Balaban J connectivity index is 0. The standard InChI is InChI=1S/C5H9BrSi.Zn/c1-7(2,3)5-4-6;/h1-3H3;. The van der Waals surface area contributed by atoms with Crippen molar-refractivity contribution in [3.63, 3.8) is 0 Å². The van der Waals surface area contributed by atoms with Gasteiger partial charge in [0.15, 0.2) is 0 Å². The Morgan fingerprint density at radius 1 is 1.25 bits per heavy atom. The van der Waals surface area contributed by atoms with E-state index in [9.17, 15) is 0 Å². The fraction of sp³-hybridized carbons (Fsp3) is 0.600. The SMILES string of the molecule is C[Si](C)(C)C#CBr.[Zn]. The molecule has 0 bridgehead atoms. The first-order valence-corrected chi connectivity index (χ1v) is 6.48. The third kappa shape index (κ3) is 9.99. The van der Waals surface area contributed by atoms with E-state index in [2.05, 4.69) is 45.9 Å². The van der Waals surface area contributed by atoms with Crippen LogP contribution in [-0.4, -0.2) is 8.07 Å². The van der Waals surface area contributed by atoms with Crippen LogP contribution in [0.1, 0.15) is 0 Å². The van der Waals surface area contributed by atoms with E-state index in [0.717, 1.165) is 0 Å². The molecule has 0 amide bonds. The predicted octanol–water partition coefficient (Wildman–Crippen LogP) is 2.22. The Bertz CT molecular complexity index is 106. The van der Waals surface area contributed by atoms with Crippen molar-refractivity contribution in [2.75, 3.05) is 0 Å². The van der Waals surface area contributed by atoms with E-state index < -0.39 is 8.07 Å². The summed E-state index contributed by atoms with van der Waals surface area (Å²) in [5, 5.41) is 0. The normalized spacial score (nSPS) is 8.50. The molecule has 0 N–H and O–H groups in total. The topological polar surface area (TPSA) is 0 Å². The fourth-order valence-electron chi connectivity index (χ4n) is 0.142. The molecule has 0 spiro atoms. The molecule has 0 fully saturated rings. The summed E-state index contributed by atoms with van der Waals surface area (Å²) in [6.45, 7) is 6.63. The summed E-state index contributed by atoms with van der Waals surface area (Å²) in [4.78, 5) is 2.73. The van der Waals surface area contributed by atoms with Gasteiger partial charge in [-0.15, -0.1) is 5.54 Å². The number of rotatable bonds is 0. The molecule has 0 radical (unpaired) electrons. The zero-order valence-corrected chi connectivity index (χ0v) is 11.1. The van der Waals surface area contributed by atoms with Gasteiger partial charge in [0.05, 0.1) is 0 Å². The monoisotopic (exact) mass is 240 g/mol. The van der Waals surface area contributed by atoms with Crippen LogP contribution in [0, 0.1) is 10.4 Å². The van der Waals surface area contributed by atoms with Gasteiger partial charge in [-0.1, -0.05) is 19.6 Å². The van der Waals surface area contributed by atoms with Gasteiger partial charge in [-0.2, -0.15) is 0 Å². The average Bonchev–Trinajstić information content (AvgIpc) is 1.30. The first kappa shape index (κ1) is 11.6. The van der Waals surface area contributed by atoms with Crippen molar-refractivity contribution in [3.05, 3.63) is 0 Å². The molecule has 0 aromatic rings. The average molecular weight is 243 g/mol. The van der Waals surface area contributed by atoms with Crippen LogP contribution in [0.3, 0.4) is 0 Å². The molecule has 0 atom stereocenters. The molecule has 8 heavy (non-hydrogen) atoms. The van der Waals surface area contributed by atoms with Gasteiger partial charge in [0.2, 0.25) is 0 Å². The summed E-state index contributed by atoms with van der Waals surface area (Å²) in [5.41, 5.74) is 3.09. The van der Waals surface area contributed by atoms with Crippen LogP contribution in [0.4, 0.5) is 0 Å². The quantitative estimate of drug-likeness (QED) is 0.451. The zero-order chi connectivity index (χ0) is 5.91. The van der Waals surface area contributed by atoms with E-state index in [1.165, 1.54) is 0 Å². The van der Waals surface area contributed by atoms with Gasteiger partial charge < -0.3 is 0 Å². The molecule has 0 aromatic heterocycles. The molecule has 0 unspecified atom stereocenters. The van der Waals surface area contributed by atoms with E-state index in [4.69, 9.17) is 0 Å². The van der Waals surface area contributed by atoms with Crippen molar-refractivity contribution in [1.82, 2.24) is 0 Å². The van der Waals surface area contributed by atoms with Gasteiger partial charge in [0, 0.05) is 35.4 Å². The second-order valence-electron chi connectivity index (χ2n) is 2.47. The maximum Gasteiger partial charge on any atom is 0.130 e. The number of hydrogen-bond donors (Lipinski definition) is 0. The van der Waals surface area contributed by atoms with Gasteiger partial charge in [-0.05, 0) is 4.83 Å². The molecule has 3 heteroatoms. The van der Waals surface area contributed by atoms with E-state index in [0.29, 0.717) is 0 Å². The van der Waals surface area contributed by atoms with E-state index in [-0.39, 0.29) is 19.5 Å². The second kappa shape index (κ2) is 4.73. The van der Waals surface area contributed by atoms with Gasteiger partial charge >= 0.3 is 0 Å². The summed E-state index contributed by atoms with van der Waals surface area (Å²) in [6, 6.07) is 0. The van der Waals surface area contributed by atoms with Crippen LogP contribution >= 0.6 is 15.9 Å². The van der Waals surface area contributed by atoms with Crippen molar-refractivity contribution in [2.24, 2.45) is 0 Å². The largest absolute Gasteiger partial charge is 0.130 e. The van der Waals surface area contributed by atoms with Gasteiger partial charge in [0.1, 0.15) is 8.07 Å². The summed E-state index contributed by atoms with van der Waals surface area (Å²) < 4.78 is 0. The Hall–Kier alpha value is 0.880. The molecular weight excluding hydrogens is 233 g/mol. The van der Waals surface area contributed by atoms with E-state index >= 15 is 0 Å². The molecule has 0 aliphatic rings. The Morgan fingerprint density at radius 2 is 1.62 bits per heavy atom. The molecule has 42 valence electrons. The smallest absolute Gasteiger partial charge is 0.120 e. The number of hydrogen-bond acceptors (Lipinski definition) is 0. The van der Waals surface area contributed by atoms with Crippen molar-refractivity contribution < 1.29 is 19.5 Å². The van der Waals surface area contributed by atoms with Crippen molar-refractivity contribution >= 4 is 24.0 Å². The van der Waals surface area contributed by atoms with Gasteiger partial charge in [-0.3, -0.25) is 0 Å². The molecule has 0 aliphatic carbocycles. The molecule has 0 nitrogen and oxygen atoms in total.